The van der Waals surface area contributed by atoms with Crippen LogP contribution in [0, 0.1) is 0 Å². The predicted molar refractivity (Wildman–Crippen MR) is 361 cm³/mol. The lowest BCUT2D eigenvalue weighted by Crippen LogP contribution is -2.44. The van der Waals surface area contributed by atoms with E-state index in [0.717, 1.165) is 135 Å². The molecule has 0 bridgehead atoms. The van der Waals surface area contributed by atoms with Crippen molar-refractivity contribution in [3.63, 3.8) is 0 Å². The molecule has 0 N–H and O–H groups in total. The van der Waals surface area contributed by atoms with Gasteiger partial charge in [0.1, 0.15) is 13.2 Å². The SMILES string of the molecule is CC/C=C\C/C=C\C/C=C\C/C=C\C/C=C\C/C=C\C/C=C\CCCCCCCC(=O)OC(COC(=O)CCCCCCCCCCCCCCCC/C=C\C/C=C\C/C=C\C/C=C\C/C=C\C/C=C\CC)COC(OCC[N+](C)(C)C)C(=O)[O-]. The van der Waals surface area contributed by atoms with Crippen LogP contribution < -0.4 is 5.11 Å². The van der Waals surface area contributed by atoms with Crippen LogP contribution in [0.15, 0.2) is 158 Å². The summed E-state index contributed by atoms with van der Waals surface area (Å²) in [5.41, 5.74) is 0. The normalized spacial score (nSPS) is 13.8. The molecular formula is C76H123NO8. The second-order valence-corrected chi connectivity index (χ2v) is 23.0. The highest BCUT2D eigenvalue weighted by atomic mass is 16.7. The quantitative estimate of drug-likeness (QED) is 0.0195. The molecule has 0 rings (SSSR count). The van der Waals surface area contributed by atoms with E-state index in [1.165, 1.54) is 77.0 Å². The van der Waals surface area contributed by atoms with Crippen LogP contribution in [0.1, 0.15) is 245 Å². The first-order valence-corrected chi connectivity index (χ1v) is 33.6. The molecule has 0 aliphatic rings. The van der Waals surface area contributed by atoms with Crippen LogP contribution >= 0.6 is 0 Å². The lowest BCUT2D eigenvalue weighted by molar-refractivity contribution is -0.870. The number of carbonyl (C=O) groups is 3. The highest BCUT2D eigenvalue weighted by Gasteiger charge is 2.22. The number of quaternary nitrogens is 1. The minimum absolute atomic E-state index is 0.135. The van der Waals surface area contributed by atoms with Crippen molar-refractivity contribution in [1.29, 1.82) is 0 Å². The lowest BCUT2D eigenvalue weighted by Gasteiger charge is -2.26. The molecule has 0 aliphatic heterocycles. The van der Waals surface area contributed by atoms with Crippen molar-refractivity contribution in [2.24, 2.45) is 0 Å². The van der Waals surface area contributed by atoms with Gasteiger partial charge in [0.15, 0.2) is 12.4 Å². The van der Waals surface area contributed by atoms with E-state index in [2.05, 4.69) is 172 Å². The van der Waals surface area contributed by atoms with E-state index in [0.29, 0.717) is 17.4 Å². The summed E-state index contributed by atoms with van der Waals surface area (Å²) >= 11 is 0. The molecular weight excluding hydrogens is 1050 g/mol. The summed E-state index contributed by atoms with van der Waals surface area (Å²) in [4.78, 5) is 37.5. The summed E-state index contributed by atoms with van der Waals surface area (Å²) in [6, 6.07) is 0. The number of unbranched alkanes of at least 4 members (excludes halogenated alkanes) is 19. The average Bonchev–Trinajstić information content (AvgIpc) is 3.48. The Morgan fingerprint density at radius 2 is 0.635 bits per heavy atom. The standard InChI is InChI=1S/C76H123NO8/c1-6-8-10-12-14-16-18-20-22-24-26-28-30-32-34-35-36-37-38-39-41-42-44-46-48-50-52-54-56-58-60-62-64-66-73(78)83-70-72(71-84-76(75(80)81)82-69-68-77(3,4)5)85-74(79)67-65-63-61-59-57-55-53-51-49-47-45-43-40-33-31-29-27-25-23-21-19-17-15-13-11-9-7-2/h8-11,14-17,20-23,26-29,32-34,36-37,40,45,47,51,53,72,76H,6-7,12-13,18-19,24-25,30-31,35,38-39,41-44,46,48-50,52,54-71H2,1-5H3/b10-8-,11-9-,16-14-,17-15-,22-20-,23-21-,28-26-,29-27-,34-32-,37-36-,40-33-,47-45-,53-51-. The van der Waals surface area contributed by atoms with Gasteiger partial charge in [0.05, 0.1) is 40.3 Å². The summed E-state index contributed by atoms with van der Waals surface area (Å²) < 4.78 is 22.7. The number of rotatable bonds is 60. The summed E-state index contributed by atoms with van der Waals surface area (Å²) in [7, 11) is 5.91. The fourth-order valence-corrected chi connectivity index (χ4v) is 8.70. The topological polar surface area (TPSA) is 111 Å². The molecule has 0 aromatic carbocycles. The molecule has 0 aliphatic carbocycles. The average molecular weight is 1180 g/mol. The van der Waals surface area contributed by atoms with Crippen LogP contribution in [-0.2, 0) is 33.3 Å². The van der Waals surface area contributed by atoms with Gasteiger partial charge in [0, 0.05) is 12.8 Å². The van der Waals surface area contributed by atoms with E-state index in [1.807, 2.05) is 21.1 Å². The van der Waals surface area contributed by atoms with Gasteiger partial charge in [-0.25, -0.2) is 0 Å². The van der Waals surface area contributed by atoms with Gasteiger partial charge in [-0.15, -0.1) is 0 Å². The number of carboxylic acid groups (broad SMARTS) is 1. The summed E-state index contributed by atoms with van der Waals surface area (Å²) in [6.45, 7) is 4.48. The molecule has 480 valence electrons. The van der Waals surface area contributed by atoms with Crippen molar-refractivity contribution >= 4 is 17.9 Å². The number of hydrogen-bond donors (Lipinski definition) is 0. The minimum atomic E-state index is -1.64. The highest BCUT2D eigenvalue weighted by Crippen LogP contribution is 2.16. The third-order valence-electron chi connectivity index (χ3n) is 13.8. The Morgan fingerprint density at radius 1 is 0.353 bits per heavy atom. The summed E-state index contributed by atoms with van der Waals surface area (Å²) in [5, 5.41) is 11.8. The molecule has 0 spiro atoms. The van der Waals surface area contributed by atoms with Crippen molar-refractivity contribution < 1.29 is 42.9 Å². The Hall–Kier alpha value is -5.09. The van der Waals surface area contributed by atoms with E-state index in [4.69, 9.17) is 18.9 Å². The first-order chi connectivity index (χ1) is 41.6. The summed E-state index contributed by atoms with van der Waals surface area (Å²) in [6.07, 6.45) is 93.1. The van der Waals surface area contributed by atoms with Crippen LogP contribution in [0.25, 0.3) is 0 Å². The molecule has 0 aromatic heterocycles. The largest absolute Gasteiger partial charge is 0.545 e. The Labute approximate surface area is 521 Å². The van der Waals surface area contributed by atoms with Crippen LogP contribution in [0.5, 0.6) is 0 Å². The number of carbonyl (C=O) groups excluding carboxylic acids is 3. The van der Waals surface area contributed by atoms with Gasteiger partial charge < -0.3 is 33.3 Å². The van der Waals surface area contributed by atoms with Crippen LogP contribution in [0.2, 0.25) is 0 Å². The molecule has 9 heteroatoms. The Balaban J connectivity index is 4.22. The number of hydrogen-bond acceptors (Lipinski definition) is 8. The Bertz CT molecular complexity index is 1950. The van der Waals surface area contributed by atoms with Crippen molar-refractivity contribution in [3.05, 3.63) is 158 Å². The highest BCUT2D eigenvalue weighted by molar-refractivity contribution is 5.70. The molecule has 0 amide bonds. The number of esters is 2. The third-order valence-corrected chi connectivity index (χ3v) is 13.8. The van der Waals surface area contributed by atoms with Crippen molar-refractivity contribution in [1.82, 2.24) is 0 Å². The number of likely N-dealkylation sites (N-methyl/N-ethyl adjacent to an activating group) is 1. The van der Waals surface area contributed by atoms with E-state index in [-0.39, 0.29) is 38.6 Å². The molecule has 9 nitrogen and oxygen atoms in total. The Morgan fingerprint density at radius 3 is 0.941 bits per heavy atom. The van der Waals surface area contributed by atoms with Gasteiger partial charge in [-0.1, -0.05) is 268 Å². The van der Waals surface area contributed by atoms with Crippen molar-refractivity contribution in [3.8, 4) is 0 Å². The zero-order chi connectivity index (χ0) is 61.9. The fraction of sp³-hybridized carbons (Fsp3) is 0.618. The van der Waals surface area contributed by atoms with Crippen LogP contribution in [0.3, 0.4) is 0 Å². The first-order valence-electron chi connectivity index (χ1n) is 33.6. The first kappa shape index (κ1) is 79.9. The molecule has 0 saturated carbocycles. The van der Waals surface area contributed by atoms with Crippen LogP contribution in [0.4, 0.5) is 0 Å². The Kier molecular flexibility index (Phi) is 61.0. The molecule has 0 heterocycles. The molecule has 0 saturated heterocycles. The maximum absolute atomic E-state index is 12.9. The molecule has 2 unspecified atom stereocenters. The summed E-state index contributed by atoms with van der Waals surface area (Å²) in [5.74, 6) is -2.32. The number of carboxylic acids is 1. The van der Waals surface area contributed by atoms with E-state index >= 15 is 0 Å². The van der Waals surface area contributed by atoms with Gasteiger partial charge >= 0.3 is 11.9 Å². The maximum atomic E-state index is 12.9. The van der Waals surface area contributed by atoms with Crippen molar-refractivity contribution in [2.45, 2.75) is 257 Å². The minimum Gasteiger partial charge on any atom is -0.545 e. The number of aliphatic carboxylic acids is 1. The second-order valence-electron chi connectivity index (χ2n) is 23.0. The van der Waals surface area contributed by atoms with E-state index in [1.54, 1.807) is 0 Å². The van der Waals surface area contributed by atoms with Gasteiger partial charge in [0.25, 0.3) is 0 Å². The van der Waals surface area contributed by atoms with Gasteiger partial charge in [-0.2, -0.15) is 0 Å². The number of ether oxygens (including phenoxy) is 4. The zero-order valence-electron chi connectivity index (χ0n) is 54.7. The smallest absolute Gasteiger partial charge is 0.306 e. The molecule has 0 fully saturated rings. The molecule has 2 atom stereocenters. The molecule has 0 aromatic rings. The van der Waals surface area contributed by atoms with Gasteiger partial charge in [0.2, 0.25) is 0 Å². The maximum Gasteiger partial charge on any atom is 0.306 e. The zero-order valence-corrected chi connectivity index (χ0v) is 54.7. The fourth-order valence-electron chi connectivity index (χ4n) is 8.70. The lowest BCUT2D eigenvalue weighted by atomic mass is 10.0. The number of allylic oxidation sites excluding steroid dienone is 26. The monoisotopic (exact) mass is 1180 g/mol. The second kappa shape index (κ2) is 64.9. The van der Waals surface area contributed by atoms with Gasteiger partial charge in [-0.05, 0) is 122 Å². The van der Waals surface area contributed by atoms with Gasteiger partial charge in [-0.3, -0.25) is 9.59 Å². The van der Waals surface area contributed by atoms with Crippen LogP contribution in [-0.4, -0.2) is 82.3 Å². The molecule has 85 heavy (non-hydrogen) atoms. The predicted octanol–water partition coefficient (Wildman–Crippen LogP) is 19.6. The van der Waals surface area contributed by atoms with Crippen molar-refractivity contribution in [2.75, 3.05) is 47.5 Å². The number of nitrogens with zero attached hydrogens (tertiary/aromatic N) is 1. The van der Waals surface area contributed by atoms with E-state index in [9.17, 15) is 19.5 Å². The molecule has 0 radical (unpaired) electrons. The van der Waals surface area contributed by atoms with E-state index < -0.39 is 24.3 Å². The third kappa shape index (κ3) is 66.3.